The lowest BCUT2D eigenvalue weighted by Gasteiger charge is -2.10. The van der Waals surface area contributed by atoms with Crippen LogP contribution in [0.1, 0.15) is 33.1 Å². The molecule has 0 amide bonds. The fourth-order valence-corrected chi connectivity index (χ4v) is 4.29. The summed E-state index contributed by atoms with van der Waals surface area (Å²) in [5.74, 6) is 1.67. The molecule has 3 aromatic heterocycles. The Hall–Kier alpha value is -3.13. The van der Waals surface area contributed by atoms with E-state index in [1.54, 1.807) is 11.6 Å². The Labute approximate surface area is 179 Å². The summed E-state index contributed by atoms with van der Waals surface area (Å²) in [6.07, 6.45) is 0. The normalized spacial score (nSPS) is 11.2. The van der Waals surface area contributed by atoms with Crippen LogP contribution in [0.5, 0.6) is 5.75 Å². The first-order valence-electron chi connectivity index (χ1n) is 9.57. The molecule has 0 aliphatic rings. The first-order valence-corrected chi connectivity index (χ1v) is 10.6. The van der Waals surface area contributed by atoms with E-state index in [0.717, 1.165) is 34.2 Å². The maximum Gasteiger partial charge on any atom is 0.253 e. The third-order valence-corrected chi connectivity index (χ3v) is 5.83. The van der Waals surface area contributed by atoms with Gasteiger partial charge >= 0.3 is 0 Å². The zero-order valence-corrected chi connectivity index (χ0v) is 18.4. The molecule has 4 aromatic rings. The summed E-state index contributed by atoms with van der Waals surface area (Å²) in [5.41, 5.74) is 5.49. The van der Waals surface area contributed by atoms with Gasteiger partial charge in [-0.3, -0.25) is 4.79 Å². The van der Waals surface area contributed by atoms with Crippen LogP contribution in [-0.4, -0.2) is 42.8 Å². The van der Waals surface area contributed by atoms with Crippen LogP contribution in [0.4, 0.5) is 0 Å². The maximum absolute atomic E-state index is 12.9. The number of methoxy groups -OCH3 is 1. The van der Waals surface area contributed by atoms with E-state index >= 15 is 0 Å². The van der Waals surface area contributed by atoms with E-state index in [-0.39, 0.29) is 11.5 Å². The molecule has 0 bridgehead atoms. The number of nitrogens with zero attached hydrogens (tertiary/aromatic N) is 5. The molecule has 3 heterocycles. The van der Waals surface area contributed by atoms with Crippen molar-refractivity contribution in [2.45, 2.75) is 32.9 Å². The Bertz CT molecular complexity index is 1240. The lowest BCUT2D eigenvalue weighted by molar-refractivity contribution is 0.102. The standard InChI is InChI=1S/C22H23N5O2S/c1-13-10-15(3)27-21(23-13)24-22(25-27)30-12-20(28)19-11-14(2)26(16(19)4)17-6-8-18(29-5)9-7-17/h6-11H,12H2,1-5H3. The van der Waals surface area contributed by atoms with Gasteiger partial charge in [0.25, 0.3) is 5.78 Å². The monoisotopic (exact) mass is 421 g/mol. The number of rotatable bonds is 6. The van der Waals surface area contributed by atoms with Gasteiger partial charge in [0.15, 0.2) is 5.78 Å². The summed E-state index contributed by atoms with van der Waals surface area (Å²) in [6.45, 7) is 7.86. The van der Waals surface area contributed by atoms with Crippen molar-refractivity contribution in [2.75, 3.05) is 12.9 Å². The molecule has 0 spiro atoms. The Morgan fingerprint density at radius 3 is 2.47 bits per heavy atom. The van der Waals surface area contributed by atoms with Crippen molar-refractivity contribution >= 4 is 23.3 Å². The number of aryl methyl sites for hydroxylation is 3. The molecule has 0 aliphatic heterocycles. The molecule has 154 valence electrons. The highest BCUT2D eigenvalue weighted by molar-refractivity contribution is 7.99. The second-order valence-corrected chi connectivity index (χ2v) is 8.12. The van der Waals surface area contributed by atoms with E-state index in [9.17, 15) is 4.79 Å². The number of aromatic nitrogens is 5. The molecule has 0 N–H and O–H groups in total. The van der Waals surface area contributed by atoms with Gasteiger partial charge in [0.2, 0.25) is 5.16 Å². The number of fused-ring (bicyclic) bond motifs is 1. The van der Waals surface area contributed by atoms with Gasteiger partial charge in [0, 0.05) is 34.0 Å². The van der Waals surface area contributed by atoms with Crippen LogP contribution in [0.2, 0.25) is 0 Å². The summed E-state index contributed by atoms with van der Waals surface area (Å²) in [4.78, 5) is 21.8. The molecule has 0 fully saturated rings. The third kappa shape index (κ3) is 3.70. The molecule has 0 radical (unpaired) electrons. The zero-order valence-electron chi connectivity index (χ0n) is 17.6. The zero-order chi connectivity index (χ0) is 21.4. The van der Waals surface area contributed by atoms with E-state index in [2.05, 4.69) is 19.6 Å². The quantitative estimate of drug-likeness (QED) is 0.344. The highest BCUT2D eigenvalue weighted by Gasteiger charge is 2.18. The summed E-state index contributed by atoms with van der Waals surface area (Å²) in [7, 11) is 1.64. The largest absolute Gasteiger partial charge is 0.497 e. The lowest BCUT2D eigenvalue weighted by atomic mass is 10.2. The van der Waals surface area contributed by atoms with Crippen LogP contribution in [0.3, 0.4) is 0 Å². The Morgan fingerprint density at radius 2 is 1.77 bits per heavy atom. The number of ether oxygens (including phenoxy) is 1. The van der Waals surface area contributed by atoms with Crippen molar-refractivity contribution in [2.24, 2.45) is 0 Å². The predicted octanol–water partition coefficient (Wildman–Crippen LogP) is 4.13. The van der Waals surface area contributed by atoms with Gasteiger partial charge in [-0.25, -0.2) is 9.50 Å². The molecule has 0 unspecified atom stereocenters. The number of carbonyl (C=O) groups excluding carboxylic acids is 1. The van der Waals surface area contributed by atoms with Crippen molar-refractivity contribution in [1.29, 1.82) is 0 Å². The number of benzene rings is 1. The molecule has 4 rings (SSSR count). The predicted molar refractivity (Wildman–Crippen MR) is 117 cm³/mol. The van der Waals surface area contributed by atoms with Gasteiger partial charge < -0.3 is 9.30 Å². The van der Waals surface area contributed by atoms with Crippen LogP contribution in [0.25, 0.3) is 11.5 Å². The van der Waals surface area contributed by atoms with E-state index in [4.69, 9.17) is 4.74 Å². The second-order valence-electron chi connectivity index (χ2n) is 7.18. The van der Waals surface area contributed by atoms with Crippen LogP contribution in [-0.2, 0) is 0 Å². The number of thioether (sulfide) groups is 1. The van der Waals surface area contributed by atoms with Gasteiger partial charge in [0.1, 0.15) is 5.75 Å². The van der Waals surface area contributed by atoms with E-state index in [0.29, 0.717) is 16.5 Å². The highest BCUT2D eigenvalue weighted by Crippen LogP contribution is 2.25. The highest BCUT2D eigenvalue weighted by atomic mass is 32.2. The van der Waals surface area contributed by atoms with Crippen LogP contribution >= 0.6 is 11.8 Å². The summed E-state index contributed by atoms with van der Waals surface area (Å²) >= 11 is 1.33. The molecule has 0 saturated carbocycles. The number of hydrogen-bond donors (Lipinski definition) is 0. The van der Waals surface area contributed by atoms with Crippen molar-refractivity contribution in [3.8, 4) is 11.4 Å². The molecule has 0 aliphatic carbocycles. The molecule has 1 aromatic carbocycles. The third-order valence-electron chi connectivity index (χ3n) is 4.99. The molecular weight excluding hydrogens is 398 g/mol. The Balaban J connectivity index is 1.54. The molecule has 8 heteroatoms. The van der Waals surface area contributed by atoms with Crippen LogP contribution < -0.4 is 4.74 Å². The molecule has 0 saturated heterocycles. The fourth-order valence-electron chi connectivity index (χ4n) is 3.59. The number of Topliss-reactive ketones (excluding diaryl/α,β-unsaturated/α-hetero) is 1. The van der Waals surface area contributed by atoms with Gasteiger partial charge in [0.05, 0.1) is 12.9 Å². The fraction of sp³-hybridized carbons (Fsp3) is 0.273. The topological polar surface area (TPSA) is 74.3 Å². The van der Waals surface area contributed by atoms with Crippen LogP contribution in [0, 0.1) is 27.7 Å². The van der Waals surface area contributed by atoms with Gasteiger partial charge in [-0.05, 0) is 64.1 Å². The first-order chi connectivity index (χ1) is 14.4. The molecular formula is C22H23N5O2S. The lowest BCUT2D eigenvalue weighted by Crippen LogP contribution is -2.06. The van der Waals surface area contributed by atoms with Crippen molar-refractivity contribution in [1.82, 2.24) is 24.1 Å². The van der Waals surface area contributed by atoms with E-state index in [1.165, 1.54) is 11.8 Å². The smallest absolute Gasteiger partial charge is 0.253 e. The van der Waals surface area contributed by atoms with E-state index in [1.807, 2.05) is 64.1 Å². The van der Waals surface area contributed by atoms with Crippen molar-refractivity contribution in [3.05, 3.63) is 64.7 Å². The summed E-state index contributed by atoms with van der Waals surface area (Å²) < 4.78 is 9.02. The average molecular weight is 422 g/mol. The molecule has 0 atom stereocenters. The van der Waals surface area contributed by atoms with Crippen molar-refractivity contribution in [3.63, 3.8) is 0 Å². The van der Waals surface area contributed by atoms with Gasteiger partial charge in [-0.1, -0.05) is 11.8 Å². The van der Waals surface area contributed by atoms with Gasteiger partial charge in [-0.15, -0.1) is 5.10 Å². The van der Waals surface area contributed by atoms with Gasteiger partial charge in [-0.2, -0.15) is 4.98 Å². The maximum atomic E-state index is 12.9. The minimum atomic E-state index is 0.0487. The average Bonchev–Trinajstić information content (AvgIpc) is 3.26. The van der Waals surface area contributed by atoms with E-state index < -0.39 is 0 Å². The number of carbonyl (C=O) groups is 1. The summed E-state index contributed by atoms with van der Waals surface area (Å²) in [6, 6.07) is 11.7. The molecule has 30 heavy (non-hydrogen) atoms. The minimum absolute atomic E-state index is 0.0487. The number of hydrogen-bond acceptors (Lipinski definition) is 6. The first kappa shape index (κ1) is 20.2. The number of ketones is 1. The Kier molecular flexibility index (Phi) is 5.34. The van der Waals surface area contributed by atoms with Crippen LogP contribution in [0.15, 0.2) is 41.6 Å². The molecule has 7 nitrogen and oxygen atoms in total. The second kappa shape index (κ2) is 7.95. The summed E-state index contributed by atoms with van der Waals surface area (Å²) in [5, 5.41) is 5.01. The Morgan fingerprint density at radius 1 is 1.03 bits per heavy atom. The van der Waals surface area contributed by atoms with Crippen molar-refractivity contribution < 1.29 is 9.53 Å². The minimum Gasteiger partial charge on any atom is -0.497 e. The SMILES string of the molecule is COc1ccc(-n2c(C)cc(C(=O)CSc3nc4nc(C)cc(C)n4n3)c2C)cc1.